The van der Waals surface area contributed by atoms with E-state index in [-0.39, 0.29) is 5.41 Å². The Labute approximate surface area is 105 Å². The Morgan fingerprint density at radius 2 is 2.06 bits per heavy atom. The Hall–Kier alpha value is -0.930. The number of hydrogen-bond acceptors (Lipinski definition) is 3. The lowest BCUT2D eigenvalue weighted by atomic mass is 9.86. The number of fused-ring (bicyclic) bond motifs is 3. The molecule has 1 aromatic rings. The van der Waals surface area contributed by atoms with Crippen molar-refractivity contribution in [1.82, 2.24) is 0 Å². The zero-order valence-corrected chi connectivity index (χ0v) is 10.7. The zero-order chi connectivity index (χ0) is 12.2. The monoisotopic (exact) mass is 254 g/mol. The molecule has 1 aliphatic carbocycles. The maximum absolute atomic E-state index is 10.2. The molecular weight excluding hydrogens is 240 g/mol. The van der Waals surface area contributed by atoms with Crippen LogP contribution >= 0.6 is 11.6 Å². The summed E-state index contributed by atoms with van der Waals surface area (Å²) in [5.74, 6) is 1.32. The van der Waals surface area contributed by atoms with Crippen molar-refractivity contribution in [3.8, 4) is 11.5 Å². The third-order valence-corrected chi connectivity index (χ3v) is 3.83. The van der Waals surface area contributed by atoms with Gasteiger partial charge in [0.1, 0.15) is 13.2 Å². The highest BCUT2D eigenvalue weighted by atomic mass is 35.5. The zero-order valence-electron chi connectivity index (χ0n) is 9.92. The molecule has 0 saturated carbocycles. The Morgan fingerprint density at radius 1 is 1.35 bits per heavy atom. The molecule has 0 radical (unpaired) electrons. The van der Waals surface area contributed by atoms with Crippen LogP contribution in [0.5, 0.6) is 11.5 Å². The van der Waals surface area contributed by atoms with E-state index in [1.807, 2.05) is 0 Å². The molecule has 1 atom stereocenters. The molecule has 0 bridgehead atoms. The molecule has 2 aliphatic rings. The van der Waals surface area contributed by atoms with E-state index in [2.05, 4.69) is 13.8 Å². The van der Waals surface area contributed by atoms with Crippen LogP contribution in [0, 0.1) is 0 Å². The predicted octanol–water partition coefficient (Wildman–Crippen LogP) is 2.83. The van der Waals surface area contributed by atoms with Gasteiger partial charge in [-0.05, 0) is 17.4 Å². The van der Waals surface area contributed by atoms with Gasteiger partial charge in [-0.3, -0.25) is 0 Å². The van der Waals surface area contributed by atoms with E-state index in [4.69, 9.17) is 21.1 Å². The number of halogens is 1. The number of aliphatic hydroxyl groups is 1. The number of hydrogen-bond donors (Lipinski definition) is 1. The Balaban J connectivity index is 2.28. The summed E-state index contributed by atoms with van der Waals surface area (Å²) in [5, 5.41) is 10.9. The highest BCUT2D eigenvalue weighted by Crippen LogP contribution is 2.54. The number of ether oxygens (including phenoxy) is 2. The number of aliphatic hydroxyl groups excluding tert-OH is 1. The summed E-state index contributed by atoms with van der Waals surface area (Å²) in [7, 11) is 0. The minimum Gasteiger partial charge on any atom is -0.486 e. The second-order valence-electron chi connectivity index (χ2n) is 5.28. The molecule has 0 amide bonds. The highest BCUT2D eigenvalue weighted by Gasteiger charge is 2.41. The van der Waals surface area contributed by atoms with E-state index >= 15 is 0 Å². The third kappa shape index (κ3) is 1.53. The van der Waals surface area contributed by atoms with Crippen molar-refractivity contribution < 1.29 is 14.6 Å². The van der Waals surface area contributed by atoms with Gasteiger partial charge in [0.05, 0.1) is 6.10 Å². The summed E-state index contributed by atoms with van der Waals surface area (Å²) in [5.41, 5.74) is 1.69. The second kappa shape index (κ2) is 3.53. The van der Waals surface area contributed by atoms with Gasteiger partial charge in [-0.1, -0.05) is 25.4 Å². The normalized spacial score (nSPS) is 24.6. The van der Waals surface area contributed by atoms with Crippen LogP contribution in [-0.4, -0.2) is 18.3 Å². The number of benzene rings is 1. The van der Waals surface area contributed by atoms with Crippen LogP contribution in [0.1, 0.15) is 37.5 Å². The molecule has 17 heavy (non-hydrogen) atoms. The van der Waals surface area contributed by atoms with Crippen LogP contribution in [-0.2, 0) is 5.41 Å². The smallest absolute Gasteiger partial charge is 0.167 e. The van der Waals surface area contributed by atoms with Gasteiger partial charge in [0, 0.05) is 16.7 Å². The van der Waals surface area contributed by atoms with E-state index in [0.717, 1.165) is 11.1 Å². The number of rotatable bonds is 0. The Kier molecular flexibility index (Phi) is 2.32. The van der Waals surface area contributed by atoms with Crippen LogP contribution in [0.25, 0.3) is 0 Å². The van der Waals surface area contributed by atoms with Gasteiger partial charge in [-0.15, -0.1) is 0 Å². The van der Waals surface area contributed by atoms with Crippen molar-refractivity contribution in [2.75, 3.05) is 13.2 Å². The van der Waals surface area contributed by atoms with Crippen LogP contribution in [0.15, 0.2) is 6.07 Å². The van der Waals surface area contributed by atoms with Crippen LogP contribution in [0.3, 0.4) is 0 Å². The first-order chi connectivity index (χ1) is 8.00. The fraction of sp³-hybridized carbons (Fsp3) is 0.538. The molecule has 0 fully saturated rings. The first kappa shape index (κ1) is 11.2. The molecule has 4 heteroatoms. The van der Waals surface area contributed by atoms with Gasteiger partial charge in [-0.25, -0.2) is 0 Å². The van der Waals surface area contributed by atoms with Gasteiger partial charge >= 0.3 is 0 Å². The van der Waals surface area contributed by atoms with Crippen molar-refractivity contribution in [2.24, 2.45) is 0 Å². The van der Waals surface area contributed by atoms with Gasteiger partial charge in [0.2, 0.25) is 0 Å². The lowest BCUT2D eigenvalue weighted by Gasteiger charge is -2.25. The fourth-order valence-electron chi connectivity index (χ4n) is 2.87. The quantitative estimate of drug-likeness (QED) is 0.774. The van der Waals surface area contributed by atoms with E-state index < -0.39 is 6.10 Å². The fourth-order valence-corrected chi connectivity index (χ4v) is 3.33. The van der Waals surface area contributed by atoms with E-state index in [9.17, 15) is 5.11 Å². The van der Waals surface area contributed by atoms with Crippen molar-refractivity contribution in [3.05, 3.63) is 22.2 Å². The predicted molar refractivity (Wildman–Crippen MR) is 65.0 cm³/mol. The van der Waals surface area contributed by atoms with Crippen molar-refractivity contribution in [2.45, 2.75) is 31.8 Å². The topological polar surface area (TPSA) is 38.7 Å². The molecule has 1 aromatic carbocycles. The molecule has 1 aliphatic heterocycles. The first-order valence-electron chi connectivity index (χ1n) is 5.81. The molecule has 0 unspecified atom stereocenters. The molecule has 1 N–H and O–H groups in total. The lowest BCUT2D eigenvalue weighted by Crippen LogP contribution is -2.18. The van der Waals surface area contributed by atoms with E-state index in [1.165, 1.54) is 0 Å². The minimum atomic E-state index is -0.519. The van der Waals surface area contributed by atoms with Gasteiger partial charge < -0.3 is 14.6 Å². The SMILES string of the molecule is CC1(C)C[C@@H](O)c2c3c(cc(Cl)c21)OCCO3. The molecule has 0 aromatic heterocycles. The maximum Gasteiger partial charge on any atom is 0.167 e. The van der Waals surface area contributed by atoms with Crippen molar-refractivity contribution >= 4 is 11.6 Å². The van der Waals surface area contributed by atoms with Crippen LogP contribution in [0.4, 0.5) is 0 Å². The summed E-state index contributed by atoms with van der Waals surface area (Å²) in [4.78, 5) is 0. The summed E-state index contributed by atoms with van der Waals surface area (Å²) >= 11 is 6.31. The molecule has 0 saturated heterocycles. The van der Waals surface area contributed by atoms with Gasteiger partial charge in [0.25, 0.3) is 0 Å². The average molecular weight is 255 g/mol. The van der Waals surface area contributed by atoms with Crippen LogP contribution in [0.2, 0.25) is 5.02 Å². The largest absolute Gasteiger partial charge is 0.486 e. The summed E-state index contributed by atoms with van der Waals surface area (Å²) in [6.45, 7) is 5.23. The molecule has 92 valence electrons. The summed E-state index contributed by atoms with van der Waals surface area (Å²) < 4.78 is 11.2. The summed E-state index contributed by atoms with van der Waals surface area (Å²) in [6.07, 6.45) is 0.149. The highest BCUT2D eigenvalue weighted by molar-refractivity contribution is 6.32. The molecule has 3 nitrogen and oxygen atoms in total. The Morgan fingerprint density at radius 3 is 2.82 bits per heavy atom. The van der Waals surface area contributed by atoms with Crippen LogP contribution < -0.4 is 9.47 Å². The molecule has 3 rings (SSSR count). The molecule has 0 spiro atoms. The summed E-state index contributed by atoms with van der Waals surface area (Å²) in [6, 6.07) is 1.80. The third-order valence-electron chi connectivity index (χ3n) is 3.54. The second-order valence-corrected chi connectivity index (χ2v) is 5.68. The van der Waals surface area contributed by atoms with E-state index in [0.29, 0.717) is 36.2 Å². The van der Waals surface area contributed by atoms with E-state index in [1.54, 1.807) is 6.07 Å². The van der Waals surface area contributed by atoms with Crippen molar-refractivity contribution in [1.29, 1.82) is 0 Å². The van der Waals surface area contributed by atoms with Gasteiger partial charge in [0.15, 0.2) is 11.5 Å². The van der Waals surface area contributed by atoms with Gasteiger partial charge in [-0.2, -0.15) is 0 Å². The van der Waals surface area contributed by atoms with Crippen molar-refractivity contribution in [3.63, 3.8) is 0 Å². The minimum absolute atomic E-state index is 0.123. The lowest BCUT2D eigenvalue weighted by molar-refractivity contribution is 0.142. The first-order valence-corrected chi connectivity index (χ1v) is 6.19. The molecule has 1 heterocycles. The standard InChI is InChI=1S/C13H15ClO3/c1-13(2)6-8(15)10-11(13)7(14)5-9-12(10)17-4-3-16-9/h5,8,15H,3-4,6H2,1-2H3/t8-/m1/s1. The molecular formula is C13H15ClO3. The Bertz CT molecular complexity index is 482. The maximum atomic E-state index is 10.2. The average Bonchev–Trinajstić information content (AvgIpc) is 2.50.